The molecule has 1 atom stereocenters. The fourth-order valence-electron chi connectivity index (χ4n) is 1.02. The first-order chi connectivity index (χ1) is 7.61. The van der Waals surface area contributed by atoms with Crippen molar-refractivity contribution in [2.24, 2.45) is 0 Å². The van der Waals surface area contributed by atoms with Gasteiger partial charge in [-0.25, -0.2) is 4.79 Å². The van der Waals surface area contributed by atoms with Gasteiger partial charge in [0.1, 0.15) is 0 Å². The SMILES string of the molecule is COC(C)CCc1nnc(/C=C/C(=O)O)o1. The van der Waals surface area contributed by atoms with Crippen molar-refractivity contribution in [1.29, 1.82) is 0 Å². The molecular weight excluding hydrogens is 212 g/mol. The van der Waals surface area contributed by atoms with Gasteiger partial charge in [0.15, 0.2) is 0 Å². The summed E-state index contributed by atoms with van der Waals surface area (Å²) < 4.78 is 10.3. The standard InChI is InChI=1S/C10H14N2O4/c1-7(15-2)3-4-8-11-12-9(16-8)5-6-10(13)14/h5-7H,3-4H2,1-2H3,(H,13,14)/b6-5+. The topological polar surface area (TPSA) is 85.5 Å². The molecule has 88 valence electrons. The van der Waals surface area contributed by atoms with E-state index in [1.807, 2.05) is 6.92 Å². The summed E-state index contributed by atoms with van der Waals surface area (Å²) in [5.41, 5.74) is 0. The van der Waals surface area contributed by atoms with E-state index in [4.69, 9.17) is 14.3 Å². The van der Waals surface area contributed by atoms with E-state index in [9.17, 15) is 4.79 Å². The monoisotopic (exact) mass is 226 g/mol. The van der Waals surface area contributed by atoms with Crippen LogP contribution in [-0.4, -0.2) is 34.5 Å². The van der Waals surface area contributed by atoms with Gasteiger partial charge in [-0.3, -0.25) is 0 Å². The summed E-state index contributed by atoms with van der Waals surface area (Å²) in [7, 11) is 1.64. The van der Waals surface area contributed by atoms with Crippen LogP contribution in [0.15, 0.2) is 10.5 Å². The molecule has 0 aromatic carbocycles. The van der Waals surface area contributed by atoms with Crippen molar-refractivity contribution in [3.8, 4) is 0 Å². The molecule has 0 amide bonds. The molecule has 1 rings (SSSR count). The zero-order valence-corrected chi connectivity index (χ0v) is 9.21. The molecule has 1 N–H and O–H groups in total. The molecule has 6 heteroatoms. The maximum Gasteiger partial charge on any atom is 0.328 e. The Bertz CT molecular complexity index is 373. The average molecular weight is 226 g/mol. The van der Waals surface area contributed by atoms with Gasteiger partial charge >= 0.3 is 5.97 Å². The maximum absolute atomic E-state index is 10.2. The van der Waals surface area contributed by atoms with Crippen LogP contribution in [0.3, 0.4) is 0 Å². The van der Waals surface area contributed by atoms with Crippen LogP contribution in [-0.2, 0) is 16.0 Å². The zero-order valence-electron chi connectivity index (χ0n) is 9.21. The Balaban J connectivity index is 2.48. The lowest BCUT2D eigenvalue weighted by Crippen LogP contribution is -2.05. The molecule has 0 radical (unpaired) electrons. The molecule has 0 aliphatic carbocycles. The molecule has 0 saturated carbocycles. The number of rotatable bonds is 6. The van der Waals surface area contributed by atoms with E-state index in [1.54, 1.807) is 7.11 Å². The summed E-state index contributed by atoms with van der Waals surface area (Å²) in [6, 6.07) is 0. The van der Waals surface area contributed by atoms with Crippen molar-refractivity contribution >= 4 is 12.0 Å². The minimum atomic E-state index is -1.05. The Kier molecular flexibility index (Phi) is 4.65. The summed E-state index contributed by atoms with van der Waals surface area (Å²) in [4.78, 5) is 10.2. The quantitative estimate of drug-likeness (QED) is 0.732. The number of hydrogen-bond acceptors (Lipinski definition) is 5. The number of carbonyl (C=O) groups is 1. The third-order valence-electron chi connectivity index (χ3n) is 2.02. The minimum absolute atomic E-state index is 0.130. The molecule has 0 bridgehead atoms. The minimum Gasteiger partial charge on any atom is -0.478 e. The van der Waals surface area contributed by atoms with Crippen LogP contribution in [0.1, 0.15) is 25.1 Å². The van der Waals surface area contributed by atoms with Gasteiger partial charge < -0.3 is 14.3 Å². The molecule has 1 aromatic heterocycles. The largest absolute Gasteiger partial charge is 0.478 e. The second kappa shape index (κ2) is 6.02. The van der Waals surface area contributed by atoms with Crippen molar-refractivity contribution in [2.75, 3.05) is 7.11 Å². The normalized spacial score (nSPS) is 13.1. The number of aromatic nitrogens is 2. The second-order valence-corrected chi connectivity index (χ2v) is 3.29. The van der Waals surface area contributed by atoms with Crippen LogP contribution < -0.4 is 0 Å². The molecule has 6 nitrogen and oxygen atoms in total. The van der Waals surface area contributed by atoms with E-state index >= 15 is 0 Å². The third kappa shape index (κ3) is 4.22. The van der Waals surface area contributed by atoms with Crippen LogP contribution in [0.25, 0.3) is 6.08 Å². The number of hydrogen-bond donors (Lipinski definition) is 1. The molecule has 0 spiro atoms. The fourth-order valence-corrected chi connectivity index (χ4v) is 1.02. The van der Waals surface area contributed by atoms with Crippen molar-refractivity contribution in [2.45, 2.75) is 25.9 Å². The number of aryl methyl sites for hydroxylation is 1. The predicted octanol–water partition coefficient (Wildman–Crippen LogP) is 1.13. The fraction of sp³-hybridized carbons (Fsp3) is 0.500. The summed E-state index contributed by atoms with van der Waals surface area (Å²) in [6.07, 6.45) is 3.74. The number of nitrogens with zero attached hydrogens (tertiary/aromatic N) is 2. The highest BCUT2D eigenvalue weighted by Gasteiger charge is 2.06. The third-order valence-corrected chi connectivity index (χ3v) is 2.02. The number of carboxylic acid groups (broad SMARTS) is 1. The number of methoxy groups -OCH3 is 1. The summed E-state index contributed by atoms with van der Waals surface area (Å²) >= 11 is 0. The Labute approximate surface area is 92.9 Å². The van der Waals surface area contributed by atoms with E-state index in [0.29, 0.717) is 12.3 Å². The molecule has 16 heavy (non-hydrogen) atoms. The van der Waals surface area contributed by atoms with Crippen molar-refractivity contribution in [3.05, 3.63) is 17.9 Å². The van der Waals surface area contributed by atoms with Gasteiger partial charge in [0.25, 0.3) is 0 Å². The van der Waals surface area contributed by atoms with Crippen LogP contribution in [0.2, 0.25) is 0 Å². The summed E-state index contributed by atoms with van der Waals surface area (Å²) in [5.74, 6) is -0.371. The highest BCUT2D eigenvalue weighted by molar-refractivity contribution is 5.84. The lowest BCUT2D eigenvalue weighted by molar-refractivity contribution is -0.131. The Morgan fingerprint density at radius 3 is 3.00 bits per heavy atom. The smallest absolute Gasteiger partial charge is 0.328 e. The van der Waals surface area contributed by atoms with Crippen molar-refractivity contribution in [3.63, 3.8) is 0 Å². The molecule has 0 aliphatic heterocycles. The van der Waals surface area contributed by atoms with Gasteiger partial charge in [-0.15, -0.1) is 10.2 Å². The number of carboxylic acids is 1. The molecule has 1 heterocycles. The Morgan fingerprint density at radius 2 is 2.38 bits per heavy atom. The maximum atomic E-state index is 10.2. The van der Waals surface area contributed by atoms with Gasteiger partial charge in [-0.2, -0.15) is 0 Å². The van der Waals surface area contributed by atoms with Crippen LogP contribution in [0, 0.1) is 0 Å². The van der Waals surface area contributed by atoms with Crippen molar-refractivity contribution < 1.29 is 19.1 Å². The molecule has 0 fully saturated rings. The van der Waals surface area contributed by atoms with Gasteiger partial charge in [0, 0.05) is 25.7 Å². The van der Waals surface area contributed by atoms with E-state index in [0.717, 1.165) is 12.5 Å². The second-order valence-electron chi connectivity index (χ2n) is 3.29. The Morgan fingerprint density at radius 1 is 1.62 bits per heavy atom. The van der Waals surface area contributed by atoms with Crippen LogP contribution >= 0.6 is 0 Å². The number of aliphatic carboxylic acids is 1. The highest BCUT2D eigenvalue weighted by atomic mass is 16.5. The van der Waals surface area contributed by atoms with E-state index in [2.05, 4.69) is 10.2 Å². The van der Waals surface area contributed by atoms with E-state index in [1.165, 1.54) is 6.08 Å². The average Bonchev–Trinajstić information content (AvgIpc) is 2.71. The van der Waals surface area contributed by atoms with Crippen LogP contribution in [0.4, 0.5) is 0 Å². The molecular formula is C10H14N2O4. The van der Waals surface area contributed by atoms with Gasteiger partial charge in [-0.1, -0.05) is 0 Å². The predicted molar refractivity (Wildman–Crippen MR) is 55.8 cm³/mol. The van der Waals surface area contributed by atoms with Gasteiger partial charge in [-0.05, 0) is 13.3 Å². The molecule has 1 aromatic rings. The van der Waals surface area contributed by atoms with Crippen molar-refractivity contribution in [1.82, 2.24) is 10.2 Å². The highest BCUT2D eigenvalue weighted by Crippen LogP contribution is 2.07. The molecule has 0 saturated heterocycles. The van der Waals surface area contributed by atoms with E-state index < -0.39 is 5.97 Å². The first kappa shape index (κ1) is 12.4. The summed E-state index contributed by atoms with van der Waals surface area (Å²) in [5, 5.41) is 15.9. The molecule has 1 unspecified atom stereocenters. The zero-order chi connectivity index (χ0) is 12.0. The Hall–Kier alpha value is -1.69. The number of ether oxygens (including phenoxy) is 1. The van der Waals surface area contributed by atoms with Gasteiger partial charge in [0.05, 0.1) is 6.10 Å². The van der Waals surface area contributed by atoms with Crippen LogP contribution in [0.5, 0.6) is 0 Å². The van der Waals surface area contributed by atoms with Gasteiger partial charge in [0.2, 0.25) is 11.8 Å². The first-order valence-electron chi connectivity index (χ1n) is 4.88. The first-order valence-corrected chi connectivity index (χ1v) is 4.88. The lowest BCUT2D eigenvalue weighted by atomic mass is 10.2. The summed E-state index contributed by atoms with van der Waals surface area (Å²) in [6.45, 7) is 1.95. The van der Waals surface area contributed by atoms with E-state index in [-0.39, 0.29) is 12.0 Å². The molecule has 0 aliphatic rings. The lowest BCUT2D eigenvalue weighted by Gasteiger charge is -2.05.